The lowest BCUT2D eigenvalue weighted by Crippen LogP contribution is -2.32. The number of hydrogen-bond acceptors (Lipinski definition) is 3. The van der Waals surface area contributed by atoms with Gasteiger partial charge >= 0.3 is 0 Å². The molecule has 1 unspecified atom stereocenters. The topological polar surface area (TPSA) is 36.4 Å². The molecule has 0 saturated carbocycles. The van der Waals surface area contributed by atoms with Gasteiger partial charge in [0.1, 0.15) is 0 Å². The van der Waals surface area contributed by atoms with E-state index < -0.39 is 0 Å². The summed E-state index contributed by atoms with van der Waals surface area (Å²) < 4.78 is 0. The highest BCUT2D eigenvalue weighted by molar-refractivity contribution is 6.32. The fourth-order valence-electron chi connectivity index (χ4n) is 3.02. The van der Waals surface area contributed by atoms with Crippen molar-refractivity contribution in [2.75, 3.05) is 13.2 Å². The van der Waals surface area contributed by atoms with Gasteiger partial charge in [-0.15, -0.1) is 0 Å². The Morgan fingerprint density at radius 2 is 2.20 bits per heavy atom. The summed E-state index contributed by atoms with van der Waals surface area (Å²) in [6.07, 6.45) is 2.19. The molecule has 0 amide bonds. The summed E-state index contributed by atoms with van der Waals surface area (Å²) >= 11 is 6.49. The van der Waals surface area contributed by atoms with E-state index in [0.717, 1.165) is 53.1 Å². The predicted molar refractivity (Wildman–Crippen MR) is 82.0 cm³/mol. The van der Waals surface area contributed by atoms with Crippen LogP contribution in [0.15, 0.2) is 24.3 Å². The molecule has 4 heteroatoms. The van der Waals surface area contributed by atoms with Crippen molar-refractivity contribution in [1.29, 1.82) is 0 Å². The fourth-order valence-corrected chi connectivity index (χ4v) is 3.23. The van der Waals surface area contributed by atoms with Crippen LogP contribution in [0.4, 0.5) is 0 Å². The Kier molecular flexibility index (Phi) is 3.92. The van der Waals surface area contributed by atoms with Crippen molar-refractivity contribution in [2.24, 2.45) is 0 Å². The Labute approximate surface area is 124 Å². The molecule has 3 nitrogen and oxygen atoms in total. The van der Waals surface area contributed by atoms with Gasteiger partial charge in [-0.3, -0.25) is 4.90 Å². The van der Waals surface area contributed by atoms with E-state index in [0.29, 0.717) is 0 Å². The van der Waals surface area contributed by atoms with E-state index >= 15 is 0 Å². The van der Waals surface area contributed by atoms with E-state index in [9.17, 15) is 5.11 Å². The third kappa shape index (κ3) is 2.41. The smallest absolute Gasteiger partial charge is 0.0740 e. The molecule has 1 atom stereocenters. The van der Waals surface area contributed by atoms with Crippen LogP contribution >= 0.6 is 11.6 Å². The summed E-state index contributed by atoms with van der Waals surface area (Å²) in [5, 5.41) is 11.3. The van der Waals surface area contributed by atoms with Crippen molar-refractivity contribution in [1.82, 2.24) is 9.88 Å². The van der Waals surface area contributed by atoms with Crippen molar-refractivity contribution in [2.45, 2.75) is 32.4 Å². The lowest BCUT2D eigenvalue weighted by atomic mass is 10.1. The zero-order valence-electron chi connectivity index (χ0n) is 11.6. The van der Waals surface area contributed by atoms with E-state index in [2.05, 4.69) is 11.0 Å². The van der Waals surface area contributed by atoms with Gasteiger partial charge in [-0.25, -0.2) is 4.98 Å². The summed E-state index contributed by atoms with van der Waals surface area (Å²) in [5.74, 6) is 0. The maximum absolute atomic E-state index is 9.42. The van der Waals surface area contributed by atoms with Gasteiger partial charge in [0.25, 0.3) is 0 Å². The van der Waals surface area contributed by atoms with E-state index in [4.69, 9.17) is 16.6 Å². The molecule has 0 radical (unpaired) electrons. The minimum atomic E-state index is 0.212. The first kappa shape index (κ1) is 13.8. The predicted octanol–water partition coefficient (Wildman–Crippen LogP) is 3.15. The highest BCUT2D eigenvalue weighted by Crippen LogP contribution is 2.29. The minimum absolute atomic E-state index is 0.212. The number of hydrogen-bond donors (Lipinski definition) is 1. The maximum atomic E-state index is 9.42. The fraction of sp³-hybridized carbons (Fsp3) is 0.438. The van der Waals surface area contributed by atoms with Crippen LogP contribution in [-0.2, 0) is 6.54 Å². The van der Waals surface area contributed by atoms with Crippen LogP contribution in [0.1, 0.15) is 24.1 Å². The van der Waals surface area contributed by atoms with Crippen LogP contribution in [0.5, 0.6) is 0 Å². The van der Waals surface area contributed by atoms with Gasteiger partial charge in [-0.1, -0.05) is 29.8 Å². The minimum Gasteiger partial charge on any atom is -0.395 e. The first-order chi connectivity index (χ1) is 9.70. The number of likely N-dealkylation sites (tertiary alicyclic amines) is 1. The Bertz CT molecular complexity index is 629. The summed E-state index contributed by atoms with van der Waals surface area (Å²) in [6, 6.07) is 8.34. The third-order valence-corrected chi connectivity index (χ3v) is 4.71. The normalized spacial score (nSPS) is 19.9. The highest BCUT2D eigenvalue weighted by atomic mass is 35.5. The van der Waals surface area contributed by atoms with Crippen LogP contribution in [0.3, 0.4) is 0 Å². The number of benzene rings is 1. The number of aromatic nitrogens is 1. The number of para-hydroxylation sites is 1. The molecule has 20 heavy (non-hydrogen) atoms. The van der Waals surface area contributed by atoms with E-state index in [1.807, 2.05) is 25.1 Å². The Hall–Kier alpha value is -1.16. The Morgan fingerprint density at radius 3 is 3.00 bits per heavy atom. The van der Waals surface area contributed by atoms with Crippen molar-refractivity contribution >= 4 is 22.5 Å². The summed E-state index contributed by atoms with van der Waals surface area (Å²) in [5.41, 5.74) is 3.00. The Morgan fingerprint density at radius 1 is 1.40 bits per heavy atom. The van der Waals surface area contributed by atoms with Crippen LogP contribution in [0.25, 0.3) is 10.9 Å². The molecule has 106 valence electrons. The lowest BCUT2D eigenvalue weighted by Gasteiger charge is -2.23. The van der Waals surface area contributed by atoms with Crippen LogP contribution in [0, 0.1) is 6.92 Å². The first-order valence-corrected chi connectivity index (χ1v) is 7.47. The number of halogens is 1. The molecule has 1 aromatic carbocycles. The quantitative estimate of drug-likeness (QED) is 0.943. The zero-order chi connectivity index (χ0) is 14.1. The summed E-state index contributed by atoms with van der Waals surface area (Å²) in [6.45, 7) is 3.98. The molecule has 0 aliphatic carbocycles. The molecule has 3 rings (SSSR count). The van der Waals surface area contributed by atoms with E-state index in [-0.39, 0.29) is 12.6 Å². The molecule has 2 aromatic rings. The molecule has 1 aliphatic rings. The molecular weight excluding hydrogens is 272 g/mol. The number of fused-ring (bicyclic) bond motifs is 1. The van der Waals surface area contributed by atoms with Crippen molar-refractivity contribution < 1.29 is 5.11 Å². The molecule has 1 fully saturated rings. The zero-order valence-corrected chi connectivity index (χ0v) is 12.4. The van der Waals surface area contributed by atoms with Crippen molar-refractivity contribution in [3.05, 3.63) is 40.5 Å². The molecule has 1 N–H and O–H groups in total. The SMILES string of the molecule is Cc1c(Cl)c(CN2CCCC2CO)nc2ccccc12. The number of nitrogens with zero attached hydrogens (tertiary/aromatic N) is 2. The van der Waals surface area contributed by atoms with Crippen molar-refractivity contribution in [3.8, 4) is 0 Å². The van der Waals surface area contributed by atoms with E-state index in [1.165, 1.54) is 0 Å². The molecule has 2 heterocycles. The first-order valence-electron chi connectivity index (χ1n) is 7.09. The van der Waals surface area contributed by atoms with Gasteiger partial charge in [0, 0.05) is 18.0 Å². The second-order valence-electron chi connectivity index (χ2n) is 5.46. The summed E-state index contributed by atoms with van der Waals surface area (Å²) in [7, 11) is 0. The van der Waals surface area contributed by atoms with Gasteiger partial charge in [0.15, 0.2) is 0 Å². The Balaban J connectivity index is 1.97. The van der Waals surface area contributed by atoms with Crippen molar-refractivity contribution in [3.63, 3.8) is 0 Å². The molecule has 1 saturated heterocycles. The van der Waals surface area contributed by atoms with Gasteiger partial charge in [-0.05, 0) is 37.9 Å². The number of aliphatic hydroxyl groups is 1. The van der Waals surface area contributed by atoms with Gasteiger partial charge in [0.05, 0.1) is 22.8 Å². The molecule has 0 spiro atoms. The average Bonchev–Trinajstić information content (AvgIpc) is 2.92. The van der Waals surface area contributed by atoms with Gasteiger partial charge in [0.2, 0.25) is 0 Å². The lowest BCUT2D eigenvalue weighted by molar-refractivity contribution is 0.152. The van der Waals surface area contributed by atoms with Crippen LogP contribution < -0.4 is 0 Å². The number of rotatable bonds is 3. The van der Waals surface area contributed by atoms with Gasteiger partial charge in [-0.2, -0.15) is 0 Å². The summed E-state index contributed by atoms with van der Waals surface area (Å²) in [4.78, 5) is 6.99. The molecular formula is C16H19ClN2O. The molecule has 1 aromatic heterocycles. The van der Waals surface area contributed by atoms with Crippen LogP contribution in [0.2, 0.25) is 5.02 Å². The second kappa shape index (κ2) is 5.68. The van der Waals surface area contributed by atoms with E-state index in [1.54, 1.807) is 0 Å². The average molecular weight is 291 g/mol. The van der Waals surface area contributed by atoms with Crippen LogP contribution in [-0.4, -0.2) is 34.2 Å². The monoisotopic (exact) mass is 290 g/mol. The van der Waals surface area contributed by atoms with Gasteiger partial charge < -0.3 is 5.11 Å². The highest BCUT2D eigenvalue weighted by Gasteiger charge is 2.25. The standard InChI is InChI=1S/C16H19ClN2O/c1-11-13-6-2-3-7-14(13)18-15(16(11)17)9-19-8-4-5-12(19)10-20/h2-3,6-7,12,20H,4-5,8-10H2,1H3. The number of aryl methyl sites for hydroxylation is 1. The molecule has 0 bridgehead atoms. The number of aliphatic hydroxyl groups excluding tert-OH is 1. The third-order valence-electron chi connectivity index (χ3n) is 4.21. The molecule has 1 aliphatic heterocycles. The largest absolute Gasteiger partial charge is 0.395 e. The number of pyridine rings is 1. The second-order valence-corrected chi connectivity index (χ2v) is 5.84. The maximum Gasteiger partial charge on any atom is 0.0740 e.